The van der Waals surface area contributed by atoms with Gasteiger partial charge in [0.15, 0.2) is 10.8 Å². The molecular weight excluding hydrogens is 428 g/mol. The number of aromatic nitrogens is 1. The van der Waals surface area contributed by atoms with Gasteiger partial charge >= 0.3 is 0 Å². The van der Waals surface area contributed by atoms with E-state index in [9.17, 15) is 22.8 Å². The first-order valence-electron chi connectivity index (χ1n) is 9.38. The summed E-state index contributed by atoms with van der Waals surface area (Å²) in [7, 11) is -3.88. The molecule has 0 saturated carbocycles. The van der Waals surface area contributed by atoms with E-state index in [4.69, 9.17) is 5.73 Å². The van der Waals surface area contributed by atoms with E-state index in [1.807, 2.05) is 0 Å². The molecule has 1 saturated heterocycles. The van der Waals surface area contributed by atoms with Crippen molar-refractivity contribution >= 4 is 39.0 Å². The molecule has 2 aromatic heterocycles. The van der Waals surface area contributed by atoms with Crippen LogP contribution in [0.5, 0.6) is 0 Å². The lowest BCUT2D eigenvalue weighted by molar-refractivity contribution is -0.127. The number of nitrogens with two attached hydrogens (primary N) is 1. The van der Waals surface area contributed by atoms with Gasteiger partial charge < -0.3 is 11.1 Å². The first kappa shape index (κ1) is 22.1. The summed E-state index contributed by atoms with van der Waals surface area (Å²) < 4.78 is 26.6. The molecule has 0 radical (unpaired) electrons. The molecule has 11 heteroatoms. The summed E-state index contributed by atoms with van der Waals surface area (Å²) in [6.07, 6.45) is 2.60. The topological polar surface area (TPSA) is 140 Å². The zero-order valence-electron chi connectivity index (χ0n) is 16.1. The molecule has 0 unspecified atom stereocenters. The summed E-state index contributed by atoms with van der Waals surface area (Å²) in [5, 5.41) is 4.32. The fraction of sp³-hybridized carbons (Fsp3) is 0.368. The fourth-order valence-corrected chi connectivity index (χ4v) is 5.49. The van der Waals surface area contributed by atoms with Gasteiger partial charge in [0.2, 0.25) is 11.8 Å². The number of carbonyl (C=O) groups is 3. The predicted octanol–water partition coefficient (Wildman–Crippen LogP) is 0.713. The first-order chi connectivity index (χ1) is 14.3. The number of thiophene rings is 1. The average molecular weight is 451 g/mol. The summed E-state index contributed by atoms with van der Waals surface area (Å²) in [6.45, 7) is -0.144. The largest absolute Gasteiger partial charge is 0.366 e. The molecule has 0 aliphatic carbocycles. The number of pyridine rings is 1. The molecule has 1 aliphatic rings. The Bertz CT molecular complexity index is 1040. The minimum atomic E-state index is -3.88. The second kappa shape index (κ2) is 9.45. The Morgan fingerprint density at radius 3 is 2.80 bits per heavy atom. The molecule has 3 heterocycles. The van der Waals surface area contributed by atoms with E-state index in [2.05, 4.69) is 10.3 Å². The van der Waals surface area contributed by atoms with Crippen LogP contribution >= 0.6 is 11.3 Å². The Morgan fingerprint density at radius 1 is 1.30 bits per heavy atom. The van der Waals surface area contributed by atoms with Crippen LogP contribution < -0.4 is 11.1 Å². The summed E-state index contributed by atoms with van der Waals surface area (Å²) in [5.74, 6) is -1.24. The number of rotatable bonds is 7. The van der Waals surface area contributed by atoms with Crippen LogP contribution in [0, 0.1) is 0 Å². The molecule has 2 aromatic rings. The van der Waals surface area contributed by atoms with Crippen LogP contribution in [0.2, 0.25) is 0 Å². The van der Waals surface area contributed by atoms with Gasteiger partial charge in [0, 0.05) is 24.0 Å². The molecule has 3 N–H and O–H groups in total. The van der Waals surface area contributed by atoms with Gasteiger partial charge in [-0.15, -0.1) is 11.3 Å². The monoisotopic (exact) mass is 450 g/mol. The van der Waals surface area contributed by atoms with Crippen LogP contribution in [0.15, 0.2) is 40.9 Å². The van der Waals surface area contributed by atoms with Crippen LogP contribution in [0.25, 0.3) is 0 Å². The number of nitrogens with zero attached hydrogens (tertiary/aromatic N) is 2. The molecule has 0 aromatic carbocycles. The van der Waals surface area contributed by atoms with Crippen molar-refractivity contribution in [2.45, 2.75) is 36.8 Å². The molecule has 30 heavy (non-hydrogen) atoms. The van der Waals surface area contributed by atoms with E-state index in [1.165, 1.54) is 23.6 Å². The predicted molar refractivity (Wildman–Crippen MR) is 110 cm³/mol. The van der Waals surface area contributed by atoms with E-state index in [1.54, 1.807) is 23.6 Å². The molecule has 3 rings (SSSR count). The molecular formula is C19H22N4O5S2. The molecule has 0 spiro atoms. The Kier molecular flexibility index (Phi) is 6.95. The van der Waals surface area contributed by atoms with Crippen molar-refractivity contribution in [2.24, 2.45) is 5.73 Å². The first-order valence-corrected chi connectivity index (χ1v) is 11.7. The van der Waals surface area contributed by atoms with Crippen LogP contribution in [0.3, 0.4) is 0 Å². The summed E-state index contributed by atoms with van der Waals surface area (Å²) in [6, 6.07) is 5.43. The van der Waals surface area contributed by atoms with Gasteiger partial charge in [-0.3, -0.25) is 14.4 Å². The highest BCUT2D eigenvalue weighted by Crippen LogP contribution is 2.19. The van der Waals surface area contributed by atoms with Crippen molar-refractivity contribution in [3.63, 3.8) is 0 Å². The maximum atomic E-state index is 12.7. The van der Waals surface area contributed by atoms with Gasteiger partial charge in [0.25, 0.3) is 10.0 Å². The SMILES string of the molecule is NC(=O)c1ccsc1CCC(=O)N[C@H]1CCCN(S(=O)(=O)c2ccccn2)CC1=O. The van der Waals surface area contributed by atoms with E-state index in [0.717, 1.165) is 9.18 Å². The second-order valence-electron chi connectivity index (χ2n) is 6.86. The van der Waals surface area contributed by atoms with Gasteiger partial charge in [-0.25, -0.2) is 13.4 Å². The Balaban J connectivity index is 1.59. The van der Waals surface area contributed by atoms with Crippen LogP contribution in [0.1, 0.15) is 34.5 Å². The van der Waals surface area contributed by atoms with E-state index >= 15 is 0 Å². The van der Waals surface area contributed by atoms with Gasteiger partial charge in [0.1, 0.15) is 0 Å². The molecule has 9 nitrogen and oxygen atoms in total. The van der Waals surface area contributed by atoms with Crippen LogP contribution in [-0.2, 0) is 26.0 Å². The van der Waals surface area contributed by atoms with Crippen LogP contribution in [-0.4, -0.2) is 54.4 Å². The highest BCUT2D eigenvalue weighted by atomic mass is 32.2. The highest BCUT2D eigenvalue weighted by molar-refractivity contribution is 7.89. The number of hydrogen-bond donors (Lipinski definition) is 2. The Morgan fingerprint density at radius 2 is 2.10 bits per heavy atom. The summed E-state index contributed by atoms with van der Waals surface area (Å²) in [5.41, 5.74) is 5.70. The van der Waals surface area contributed by atoms with Gasteiger partial charge in [-0.1, -0.05) is 6.07 Å². The third-order valence-corrected chi connectivity index (χ3v) is 7.53. The lowest BCUT2D eigenvalue weighted by Gasteiger charge is -2.19. The van der Waals surface area contributed by atoms with Crippen molar-refractivity contribution in [1.82, 2.24) is 14.6 Å². The second-order valence-corrected chi connectivity index (χ2v) is 9.74. The number of amides is 2. The van der Waals surface area contributed by atoms with Crippen molar-refractivity contribution in [3.05, 3.63) is 46.3 Å². The number of ketones is 1. The summed E-state index contributed by atoms with van der Waals surface area (Å²) in [4.78, 5) is 40.9. The highest BCUT2D eigenvalue weighted by Gasteiger charge is 2.33. The lowest BCUT2D eigenvalue weighted by Crippen LogP contribution is -2.44. The number of primary amides is 1. The maximum Gasteiger partial charge on any atom is 0.260 e. The van der Waals surface area contributed by atoms with E-state index in [0.29, 0.717) is 24.8 Å². The number of hydrogen-bond acceptors (Lipinski definition) is 7. The van der Waals surface area contributed by atoms with Gasteiger partial charge in [-0.05, 0) is 42.8 Å². The zero-order chi connectivity index (χ0) is 21.7. The number of Topliss-reactive ketones (excluding diaryl/α,β-unsaturated/α-hetero) is 1. The third kappa shape index (κ3) is 5.10. The number of sulfonamides is 1. The van der Waals surface area contributed by atoms with Crippen molar-refractivity contribution < 1.29 is 22.8 Å². The molecule has 160 valence electrons. The zero-order valence-corrected chi connectivity index (χ0v) is 17.7. The third-order valence-electron chi connectivity index (χ3n) is 4.79. The standard InChI is InChI=1S/C19H22N4O5S2/c20-19(26)13-8-11-29-16(13)6-7-17(25)22-14-4-3-10-23(12-15(14)24)30(27,28)18-5-1-2-9-21-18/h1-2,5,8-9,11,14H,3-4,6-7,10,12H2,(H2,20,26)(H,22,25)/t14-/m0/s1. The number of aryl methyl sites for hydroxylation is 1. The van der Waals surface area contributed by atoms with Crippen molar-refractivity contribution in [3.8, 4) is 0 Å². The van der Waals surface area contributed by atoms with Gasteiger partial charge in [-0.2, -0.15) is 4.31 Å². The minimum Gasteiger partial charge on any atom is -0.366 e. The van der Waals surface area contributed by atoms with E-state index in [-0.39, 0.29) is 36.2 Å². The Hall–Kier alpha value is -2.63. The molecule has 1 fully saturated rings. The minimum absolute atomic E-state index is 0.0977. The smallest absolute Gasteiger partial charge is 0.260 e. The average Bonchev–Trinajstić information content (AvgIpc) is 3.12. The molecule has 2 amide bonds. The van der Waals surface area contributed by atoms with E-state index < -0.39 is 22.0 Å². The summed E-state index contributed by atoms with van der Waals surface area (Å²) >= 11 is 1.34. The molecule has 1 aliphatic heterocycles. The van der Waals surface area contributed by atoms with Crippen molar-refractivity contribution in [1.29, 1.82) is 0 Å². The normalized spacial score (nSPS) is 18.0. The quantitative estimate of drug-likeness (QED) is 0.637. The number of carbonyl (C=O) groups excluding carboxylic acids is 3. The lowest BCUT2D eigenvalue weighted by atomic mass is 10.1. The maximum absolute atomic E-state index is 12.7. The molecule has 1 atom stereocenters. The molecule has 0 bridgehead atoms. The number of nitrogens with one attached hydrogen (secondary N) is 1. The fourth-order valence-electron chi connectivity index (χ4n) is 3.23. The Labute approximate surface area is 178 Å². The van der Waals surface area contributed by atoms with Gasteiger partial charge in [0.05, 0.1) is 18.2 Å². The van der Waals surface area contributed by atoms with Crippen molar-refractivity contribution in [2.75, 3.05) is 13.1 Å². The van der Waals surface area contributed by atoms with Crippen LogP contribution in [0.4, 0.5) is 0 Å².